The fourth-order valence-electron chi connectivity index (χ4n) is 1.25. The monoisotopic (exact) mass is 201 g/mol. The smallest absolute Gasteiger partial charge is 0.154 e. The lowest BCUT2D eigenvalue weighted by atomic mass is 10.1. The van der Waals surface area contributed by atoms with Gasteiger partial charge in [-0.2, -0.15) is 0 Å². The van der Waals surface area contributed by atoms with E-state index in [1.54, 1.807) is 24.3 Å². The van der Waals surface area contributed by atoms with Gasteiger partial charge in [0, 0.05) is 6.42 Å². The molecule has 12 heavy (non-hydrogen) atoms. The standard InChI is InChI=1S/C9H7Cl2O/c10-9(11)6-8(9,12)7-4-2-1-3-5-7/h2-5,12H,6H2. The molecule has 1 aromatic carbocycles. The number of aliphatic hydroxyl groups is 1. The normalized spacial score (nSPS) is 31.6. The van der Waals surface area contributed by atoms with Gasteiger partial charge >= 0.3 is 0 Å². The molecule has 1 N–H and O–H groups in total. The molecule has 2 rings (SSSR count). The van der Waals surface area contributed by atoms with Crippen molar-refractivity contribution in [2.75, 3.05) is 0 Å². The van der Waals surface area contributed by atoms with Gasteiger partial charge in [-0.25, -0.2) is 0 Å². The molecule has 3 heteroatoms. The second-order valence-electron chi connectivity index (χ2n) is 3.03. The molecule has 0 aromatic heterocycles. The maximum Gasteiger partial charge on any atom is 0.154 e. The highest BCUT2D eigenvalue weighted by atomic mass is 35.5. The number of hydrogen-bond donors (Lipinski definition) is 1. The summed E-state index contributed by atoms with van der Waals surface area (Å²) in [6, 6.07) is 9.87. The highest BCUT2D eigenvalue weighted by Gasteiger charge is 2.66. The van der Waals surface area contributed by atoms with Crippen molar-refractivity contribution < 1.29 is 5.11 Å². The molecule has 1 radical (unpaired) electrons. The summed E-state index contributed by atoms with van der Waals surface area (Å²) in [7, 11) is 0. The maximum absolute atomic E-state index is 9.85. The fraction of sp³-hybridized carbons (Fsp3) is 0.333. The second-order valence-corrected chi connectivity index (χ2v) is 4.51. The van der Waals surface area contributed by atoms with Gasteiger partial charge in [-0.1, -0.05) is 47.5 Å². The molecule has 1 fully saturated rings. The average molecular weight is 202 g/mol. The lowest BCUT2D eigenvalue weighted by molar-refractivity contribution is 0.148. The zero-order chi connectivity index (χ0) is 8.82. The molecule has 1 aliphatic rings. The third kappa shape index (κ3) is 1.05. The minimum absolute atomic E-state index is 0.396. The predicted octanol–water partition coefficient (Wildman–Crippen LogP) is 2.25. The van der Waals surface area contributed by atoms with Crippen LogP contribution >= 0.6 is 23.2 Å². The van der Waals surface area contributed by atoms with Crippen LogP contribution in [0.5, 0.6) is 0 Å². The highest BCUT2D eigenvalue weighted by molar-refractivity contribution is 6.51. The van der Waals surface area contributed by atoms with Crippen LogP contribution in [0.3, 0.4) is 0 Å². The first kappa shape index (κ1) is 8.36. The van der Waals surface area contributed by atoms with Gasteiger partial charge in [-0.15, -0.1) is 0 Å². The van der Waals surface area contributed by atoms with Crippen LogP contribution in [0.25, 0.3) is 0 Å². The Kier molecular flexibility index (Phi) is 1.66. The molecule has 1 nitrogen and oxygen atoms in total. The average Bonchev–Trinajstić information content (AvgIpc) is 2.55. The SMILES string of the molecule is OC1(c2cc[c]cc2)CC1(Cl)Cl. The number of benzene rings is 1. The molecule has 1 saturated carbocycles. The van der Waals surface area contributed by atoms with Crippen LogP contribution in [0.1, 0.15) is 12.0 Å². The van der Waals surface area contributed by atoms with Crippen molar-refractivity contribution in [2.45, 2.75) is 16.4 Å². The van der Waals surface area contributed by atoms with E-state index in [0.29, 0.717) is 6.42 Å². The third-order valence-corrected chi connectivity index (χ3v) is 3.05. The van der Waals surface area contributed by atoms with E-state index in [0.717, 1.165) is 5.56 Å². The Morgan fingerprint density at radius 2 is 1.83 bits per heavy atom. The van der Waals surface area contributed by atoms with E-state index in [-0.39, 0.29) is 0 Å². The Hall–Kier alpha value is -0.240. The number of halogens is 2. The van der Waals surface area contributed by atoms with Crippen molar-refractivity contribution in [3.63, 3.8) is 0 Å². The van der Waals surface area contributed by atoms with Crippen LogP contribution in [0.4, 0.5) is 0 Å². The summed E-state index contributed by atoms with van der Waals surface area (Å²) in [6.45, 7) is 0. The third-order valence-electron chi connectivity index (χ3n) is 2.15. The summed E-state index contributed by atoms with van der Waals surface area (Å²) < 4.78 is -1.01. The number of alkyl halides is 2. The van der Waals surface area contributed by atoms with Gasteiger partial charge in [0.1, 0.15) is 5.60 Å². The summed E-state index contributed by atoms with van der Waals surface area (Å²) in [5, 5.41) is 9.85. The van der Waals surface area contributed by atoms with Gasteiger partial charge in [0.05, 0.1) is 0 Å². The summed E-state index contributed by atoms with van der Waals surface area (Å²) in [4.78, 5) is 0. The number of hydrogen-bond acceptors (Lipinski definition) is 1. The molecular weight excluding hydrogens is 195 g/mol. The van der Waals surface area contributed by atoms with Crippen LogP contribution in [-0.2, 0) is 5.60 Å². The van der Waals surface area contributed by atoms with Gasteiger partial charge < -0.3 is 5.11 Å². The van der Waals surface area contributed by atoms with E-state index >= 15 is 0 Å². The molecule has 0 saturated heterocycles. The Labute approximate surface area is 80.9 Å². The Bertz CT molecular complexity index is 297. The summed E-state index contributed by atoms with van der Waals surface area (Å²) in [5.74, 6) is 0. The quantitative estimate of drug-likeness (QED) is 0.692. The van der Waals surface area contributed by atoms with Gasteiger partial charge in [0.25, 0.3) is 0 Å². The molecule has 0 spiro atoms. The first-order chi connectivity index (χ1) is 5.56. The maximum atomic E-state index is 9.85. The molecular formula is C9H7Cl2O. The lowest BCUT2D eigenvalue weighted by Gasteiger charge is -2.10. The second kappa shape index (κ2) is 2.38. The molecule has 1 aliphatic carbocycles. The van der Waals surface area contributed by atoms with Crippen molar-refractivity contribution >= 4 is 23.2 Å². The molecule has 1 aromatic rings. The van der Waals surface area contributed by atoms with Crippen molar-refractivity contribution in [1.82, 2.24) is 0 Å². The first-order valence-corrected chi connectivity index (χ1v) is 4.39. The van der Waals surface area contributed by atoms with Crippen LogP contribution in [0.15, 0.2) is 24.3 Å². The molecule has 0 aliphatic heterocycles. The van der Waals surface area contributed by atoms with Crippen LogP contribution in [0, 0.1) is 6.07 Å². The fourth-order valence-corrected chi connectivity index (χ4v) is 1.86. The van der Waals surface area contributed by atoms with E-state index < -0.39 is 9.93 Å². The van der Waals surface area contributed by atoms with Crippen LogP contribution in [-0.4, -0.2) is 9.44 Å². The molecule has 0 amide bonds. The van der Waals surface area contributed by atoms with E-state index in [2.05, 4.69) is 6.07 Å². The Morgan fingerprint density at radius 3 is 2.25 bits per heavy atom. The van der Waals surface area contributed by atoms with Crippen molar-refractivity contribution in [3.8, 4) is 0 Å². The minimum Gasteiger partial charge on any atom is -0.382 e. The molecule has 0 bridgehead atoms. The van der Waals surface area contributed by atoms with Crippen molar-refractivity contribution in [2.24, 2.45) is 0 Å². The van der Waals surface area contributed by atoms with E-state index in [1.807, 2.05) is 0 Å². The van der Waals surface area contributed by atoms with E-state index in [1.165, 1.54) is 0 Å². The summed E-state index contributed by atoms with van der Waals surface area (Å²) in [5.41, 5.74) is -0.295. The van der Waals surface area contributed by atoms with Gasteiger partial charge in [-0.3, -0.25) is 0 Å². The Balaban J connectivity index is 2.35. The molecule has 63 valence electrons. The number of rotatable bonds is 1. The zero-order valence-electron chi connectivity index (χ0n) is 6.22. The summed E-state index contributed by atoms with van der Waals surface area (Å²) in [6.07, 6.45) is 0.396. The Morgan fingerprint density at radius 1 is 1.33 bits per heavy atom. The van der Waals surface area contributed by atoms with E-state index in [9.17, 15) is 5.11 Å². The predicted molar refractivity (Wildman–Crippen MR) is 48.2 cm³/mol. The largest absolute Gasteiger partial charge is 0.382 e. The topological polar surface area (TPSA) is 20.2 Å². The highest BCUT2D eigenvalue weighted by Crippen LogP contribution is 2.62. The van der Waals surface area contributed by atoms with Gasteiger partial charge in [0.2, 0.25) is 0 Å². The first-order valence-electron chi connectivity index (χ1n) is 3.63. The summed E-state index contributed by atoms with van der Waals surface area (Å²) >= 11 is 11.6. The molecule has 1 atom stereocenters. The minimum atomic E-state index is -1.05. The van der Waals surface area contributed by atoms with Crippen molar-refractivity contribution in [1.29, 1.82) is 0 Å². The lowest BCUT2D eigenvalue weighted by Crippen LogP contribution is -2.13. The molecule has 1 unspecified atom stereocenters. The molecule has 0 heterocycles. The van der Waals surface area contributed by atoms with Crippen LogP contribution < -0.4 is 0 Å². The van der Waals surface area contributed by atoms with Gasteiger partial charge in [-0.05, 0) is 11.6 Å². The van der Waals surface area contributed by atoms with Crippen molar-refractivity contribution in [3.05, 3.63) is 35.9 Å². The van der Waals surface area contributed by atoms with E-state index in [4.69, 9.17) is 23.2 Å². The zero-order valence-corrected chi connectivity index (χ0v) is 7.73. The van der Waals surface area contributed by atoms with Crippen LogP contribution in [0.2, 0.25) is 0 Å². The van der Waals surface area contributed by atoms with Gasteiger partial charge in [0.15, 0.2) is 4.33 Å².